The molecule has 2 rings (SSSR count). The minimum Gasteiger partial charge on any atom is -0.395 e. The SMILES string of the molecule is CN(CCO)Cc1cc(=O)n2cc(Br)ccc2n1. The molecule has 0 aromatic carbocycles. The third-order valence-corrected chi connectivity index (χ3v) is 3.06. The van der Waals surface area contributed by atoms with E-state index in [2.05, 4.69) is 20.9 Å². The van der Waals surface area contributed by atoms with E-state index >= 15 is 0 Å². The van der Waals surface area contributed by atoms with Gasteiger partial charge in [-0.2, -0.15) is 0 Å². The van der Waals surface area contributed by atoms with Crippen LogP contribution in [0.15, 0.2) is 33.7 Å². The summed E-state index contributed by atoms with van der Waals surface area (Å²) < 4.78 is 2.34. The Morgan fingerprint density at radius 3 is 3.00 bits per heavy atom. The fourth-order valence-electron chi connectivity index (χ4n) is 1.73. The number of fused-ring (bicyclic) bond motifs is 1. The van der Waals surface area contributed by atoms with Gasteiger partial charge in [-0.3, -0.25) is 14.1 Å². The number of rotatable bonds is 4. The highest BCUT2D eigenvalue weighted by atomic mass is 79.9. The zero-order chi connectivity index (χ0) is 13.1. The Balaban J connectivity index is 2.37. The average molecular weight is 312 g/mol. The average Bonchev–Trinajstić information content (AvgIpc) is 2.30. The second kappa shape index (κ2) is 5.60. The lowest BCUT2D eigenvalue weighted by Gasteiger charge is -2.14. The quantitative estimate of drug-likeness (QED) is 0.911. The molecule has 2 aromatic rings. The van der Waals surface area contributed by atoms with Crippen molar-refractivity contribution >= 4 is 21.6 Å². The standard InChI is InChI=1S/C12H14BrN3O2/c1-15(4-5-17)8-10-6-12(18)16-7-9(13)2-3-11(16)14-10/h2-3,6-7,17H,4-5,8H2,1H3. The Bertz CT molecular complexity index is 612. The summed E-state index contributed by atoms with van der Waals surface area (Å²) in [6, 6.07) is 5.16. The number of nitrogens with zero attached hydrogens (tertiary/aromatic N) is 3. The Hall–Kier alpha value is -1.24. The van der Waals surface area contributed by atoms with Crippen LogP contribution >= 0.6 is 15.9 Å². The lowest BCUT2D eigenvalue weighted by molar-refractivity contribution is 0.216. The third-order valence-electron chi connectivity index (χ3n) is 2.59. The van der Waals surface area contributed by atoms with Crippen LogP contribution in [0.5, 0.6) is 0 Å². The maximum absolute atomic E-state index is 11.9. The van der Waals surface area contributed by atoms with Crippen molar-refractivity contribution in [2.75, 3.05) is 20.2 Å². The molecular weight excluding hydrogens is 298 g/mol. The van der Waals surface area contributed by atoms with Gasteiger partial charge in [-0.05, 0) is 35.1 Å². The Morgan fingerprint density at radius 2 is 2.28 bits per heavy atom. The first-order chi connectivity index (χ1) is 8.60. The van der Waals surface area contributed by atoms with E-state index in [0.717, 1.165) is 4.47 Å². The zero-order valence-corrected chi connectivity index (χ0v) is 11.6. The molecule has 0 spiro atoms. The maximum atomic E-state index is 11.9. The van der Waals surface area contributed by atoms with Gasteiger partial charge in [0.1, 0.15) is 5.65 Å². The van der Waals surface area contributed by atoms with Gasteiger partial charge in [-0.15, -0.1) is 0 Å². The molecule has 2 aromatic heterocycles. The van der Waals surface area contributed by atoms with Crippen molar-refractivity contribution in [1.29, 1.82) is 0 Å². The van der Waals surface area contributed by atoms with Crippen molar-refractivity contribution in [2.24, 2.45) is 0 Å². The Morgan fingerprint density at radius 1 is 1.50 bits per heavy atom. The largest absolute Gasteiger partial charge is 0.395 e. The van der Waals surface area contributed by atoms with E-state index in [1.54, 1.807) is 12.3 Å². The molecule has 0 amide bonds. The number of hydrogen-bond donors (Lipinski definition) is 1. The topological polar surface area (TPSA) is 57.8 Å². The normalized spacial score (nSPS) is 11.3. The smallest absolute Gasteiger partial charge is 0.258 e. The zero-order valence-electron chi connectivity index (χ0n) is 10.0. The number of aromatic nitrogens is 2. The molecule has 0 saturated heterocycles. The molecule has 0 fully saturated rings. The minimum absolute atomic E-state index is 0.0933. The maximum Gasteiger partial charge on any atom is 0.258 e. The van der Waals surface area contributed by atoms with Gasteiger partial charge < -0.3 is 5.11 Å². The summed E-state index contributed by atoms with van der Waals surface area (Å²) in [5.74, 6) is 0. The molecule has 96 valence electrons. The first kappa shape index (κ1) is 13.2. The summed E-state index contributed by atoms with van der Waals surface area (Å²) in [7, 11) is 1.88. The van der Waals surface area contributed by atoms with E-state index in [4.69, 9.17) is 5.11 Å². The van der Waals surface area contributed by atoms with Crippen molar-refractivity contribution in [3.63, 3.8) is 0 Å². The van der Waals surface area contributed by atoms with Crippen LogP contribution in [0.25, 0.3) is 5.65 Å². The Labute approximate surface area is 113 Å². The predicted molar refractivity (Wildman–Crippen MR) is 72.6 cm³/mol. The molecule has 18 heavy (non-hydrogen) atoms. The van der Waals surface area contributed by atoms with Crippen LogP contribution in [0.1, 0.15) is 5.69 Å². The third kappa shape index (κ3) is 2.95. The van der Waals surface area contributed by atoms with E-state index in [1.165, 1.54) is 10.5 Å². The number of hydrogen-bond acceptors (Lipinski definition) is 4. The lowest BCUT2D eigenvalue weighted by Crippen LogP contribution is -2.24. The highest BCUT2D eigenvalue weighted by Gasteiger charge is 2.05. The van der Waals surface area contributed by atoms with Crippen LogP contribution in [0.3, 0.4) is 0 Å². The van der Waals surface area contributed by atoms with E-state index in [1.807, 2.05) is 18.0 Å². The van der Waals surface area contributed by atoms with Crippen LogP contribution in [0.4, 0.5) is 0 Å². The predicted octanol–water partition coefficient (Wildman–Crippen LogP) is 0.881. The van der Waals surface area contributed by atoms with E-state index in [0.29, 0.717) is 24.4 Å². The summed E-state index contributed by atoms with van der Waals surface area (Å²) in [4.78, 5) is 18.3. The monoisotopic (exact) mass is 311 g/mol. The summed E-state index contributed by atoms with van der Waals surface area (Å²) in [5.41, 5.74) is 1.23. The van der Waals surface area contributed by atoms with Gasteiger partial charge in [0, 0.05) is 29.8 Å². The molecule has 0 aliphatic heterocycles. The second-order valence-electron chi connectivity index (χ2n) is 4.12. The minimum atomic E-state index is -0.103. The first-order valence-corrected chi connectivity index (χ1v) is 6.36. The molecule has 6 heteroatoms. The van der Waals surface area contributed by atoms with E-state index < -0.39 is 0 Å². The molecule has 0 unspecified atom stereocenters. The van der Waals surface area contributed by atoms with Gasteiger partial charge in [-0.1, -0.05) is 0 Å². The van der Waals surface area contributed by atoms with Crippen molar-refractivity contribution in [2.45, 2.75) is 6.54 Å². The second-order valence-corrected chi connectivity index (χ2v) is 5.04. The van der Waals surface area contributed by atoms with Crippen LogP contribution < -0.4 is 5.56 Å². The van der Waals surface area contributed by atoms with Crippen molar-refractivity contribution in [1.82, 2.24) is 14.3 Å². The lowest BCUT2D eigenvalue weighted by atomic mass is 10.3. The molecule has 0 saturated carbocycles. The molecule has 1 N–H and O–H groups in total. The molecule has 5 nitrogen and oxygen atoms in total. The van der Waals surface area contributed by atoms with Gasteiger partial charge in [0.15, 0.2) is 0 Å². The number of aliphatic hydroxyl groups excluding tert-OH is 1. The summed E-state index contributed by atoms with van der Waals surface area (Å²) in [6.07, 6.45) is 1.70. The van der Waals surface area contributed by atoms with Gasteiger partial charge >= 0.3 is 0 Å². The van der Waals surface area contributed by atoms with Gasteiger partial charge in [0.05, 0.1) is 12.3 Å². The number of likely N-dealkylation sites (N-methyl/N-ethyl adjacent to an activating group) is 1. The van der Waals surface area contributed by atoms with Crippen molar-refractivity contribution < 1.29 is 5.11 Å². The van der Waals surface area contributed by atoms with E-state index in [-0.39, 0.29) is 12.2 Å². The molecule has 0 radical (unpaired) electrons. The highest BCUT2D eigenvalue weighted by Crippen LogP contribution is 2.09. The summed E-state index contributed by atoms with van der Waals surface area (Å²) in [6.45, 7) is 1.19. The van der Waals surface area contributed by atoms with Crippen LogP contribution in [-0.2, 0) is 6.54 Å². The fourth-order valence-corrected chi connectivity index (χ4v) is 2.07. The number of pyridine rings is 1. The summed E-state index contributed by atoms with van der Waals surface area (Å²) in [5, 5.41) is 8.84. The molecule has 0 aliphatic rings. The van der Waals surface area contributed by atoms with E-state index in [9.17, 15) is 4.79 Å². The summed E-state index contributed by atoms with van der Waals surface area (Å²) >= 11 is 3.32. The number of aliphatic hydroxyl groups is 1. The van der Waals surface area contributed by atoms with Gasteiger partial charge in [-0.25, -0.2) is 4.98 Å². The first-order valence-electron chi connectivity index (χ1n) is 5.57. The molecule has 0 atom stereocenters. The Kier molecular flexibility index (Phi) is 4.11. The van der Waals surface area contributed by atoms with Crippen molar-refractivity contribution in [3.05, 3.63) is 44.9 Å². The van der Waals surface area contributed by atoms with Crippen LogP contribution in [0.2, 0.25) is 0 Å². The number of halogens is 1. The highest BCUT2D eigenvalue weighted by molar-refractivity contribution is 9.10. The van der Waals surface area contributed by atoms with Crippen LogP contribution in [0, 0.1) is 0 Å². The van der Waals surface area contributed by atoms with Gasteiger partial charge in [0.2, 0.25) is 0 Å². The molecular formula is C12H14BrN3O2. The van der Waals surface area contributed by atoms with Gasteiger partial charge in [0.25, 0.3) is 5.56 Å². The fraction of sp³-hybridized carbons (Fsp3) is 0.333. The molecule has 2 heterocycles. The van der Waals surface area contributed by atoms with Crippen molar-refractivity contribution in [3.8, 4) is 0 Å². The van der Waals surface area contributed by atoms with Crippen LogP contribution in [-0.4, -0.2) is 39.6 Å². The molecule has 0 bridgehead atoms. The molecule has 0 aliphatic carbocycles.